The second-order valence-electron chi connectivity index (χ2n) is 2.77. The fraction of sp³-hybridized carbons (Fsp3) is 0.625. The number of sulfone groups is 1. The zero-order chi connectivity index (χ0) is 11.0. The quantitative estimate of drug-likeness (QED) is 0.430. The second kappa shape index (κ2) is 6.56. The van der Waals surface area contributed by atoms with Gasteiger partial charge in [0.25, 0.3) is 0 Å². The molecular weight excluding hydrogens is 206 g/mol. The molecule has 0 rings (SSSR count). The van der Waals surface area contributed by atoms with E-state index < -0.39 is 21.5 Å². The summed E-state index contributed by atoms with van der Waals surface area (Å²) in [5, 5.41) is 10.8. The van der Waals surface area contributed by atoms with Gasteiger partial charge in [0, 0.05) is 13.2 Å². The molecule has 2 N–H and O–H groups in total. The lowest BCUT2D eigenvalue weighted by molar-refractivity contribution is -0.118. The normalized spacial score (nSPS) is 10.9. The largest absolute Gasteiger partial charge is 0.396 e. The second-order valence-corrected chi connectivity index (χ2v) is 4.88. The molecular formula is C8H15NO4S. The predicted molar refractivity (Wildman–Crippen MR) is 53.6 cm³/mol. The number of rotatable bonds is 7. The van der Waals surface area contributed by atoms with Gasteiger partial charge in [-0.1, -0.05) is 6.08 Å². The van der Waals surface area contributed by atoms with Crippen LogP contribution in [0.2, 0.25) is 0 Å². The molecule has 6 heteroatoms. The van der Waals surface area contributed by atoms with Crippen molar-refractivity contribution in [3.05, 3.63) is 12.7 Å². The smallest absolute Gasteiger partial charge is 0.235 e. The SMILES string of the molecule is C=CCS(=O)(=O)CC(=O)NCCCO. The Bertz CT molecular complexity index is 284. The molecule has 5 nitrogen and oxygen atoms in total. The Kier molecular flexibility index (Phi) is 6.14. The number of nitrogens with one attached hydrogen (secondary N) is 1. The summed E-state index contributed by atoms with van der Waals surface area (Å²) < 4.78 is 22.2. The molecule has 0 saturated heterocycles. The molecule has 0 aromatic carbocycles. The van der Waals surface area contributed by atoms with E-state index in [2.05, 4.69) is 11.9 Å². The lowest BCUT2D eigenvalue weighted by Gasteiger charge is -2.03. The van der Waals surface area contributed by atoms with Crippen molar-refractivity contribution in [2.45, 2.75) is 6.42 Å². The Hall–Kier alpha value is -0.880. The van der Waals surface area contributed by atoms with Crippen molar-refractivity contribution in [2.24, 2.45) is 0 Å². The summed E-state index contributed by atoms with van der Waals surface area (Å²) in [5.41, 5.74) is 0. The Morgan fingerprint density at radius 1 is 1.50 bits per heavy atom. The summed E-state index contributed by atoms with van der Waals surface area (Å²) >= 11 is 0. The van der Waals surface area contributed by atoms with Gasteiger partial charge < -0.3 is 10.4 Å². The van der Waals surface area contributed by atoms with Gasteiger partial charge in [-0.25, -0.2) is 8.42 Å². The molecule has 0 saturated carbocycles. The van der Waals surface area contributed by atoms with E-state index in [9.17, 15) is 13.2 Å². The number of carbonyl (C=O) groups is 1. The molecule has 0 unspecified atom stereocenters. The zero-order valence-corrected chi connectivity index (χ0v) is 8.72. The summed E-state index contributed by atoms with van der Waals surface area (Å²) in [6.07, 6.45) is 1.67. The molecule has 0 bridgehead atoms. The van der Waals surface area contributed by atoms with Gasteiger partial charge in [0.15, 0.2) is 9.84 Å². The van der Waals surface area contributed by atoms with E-state index in [1.807, 2.05) is 0 Å². The summed E-state index contributed by atoms with van der Waals surface area (Å²) in [5.74, 6) is -1.26. The third kappa shape index (κ3) is 6.62. The number of carbonyl (C=O) groups excluding carboxylic acids is 1. The molecule has 0 heterocycles. The van der Waals surface area contributed by atoms with Gasteiger partial charge in [-0.15, -0.1) is 6.58 Å². The Balaban J connectivity index is 3.87. The third-order valence-corrected chi connectivity index (χ3v) is 2.83. The number of hydrogen-bond acceptors (Lipinski definition) is 4. The van der Waals surface area contributed by atoms with Gasteiger partial charge in [-0.3, -0.25) is 4.79 Å². The van der Waals surface area contributed by atoms with E-state index in [0.29, 0.717) is 13.0 Å². The van der Waals surface area contributed by atoms with E-state index >= 15 is 0 Å². The first kappa shape index (κ1) is 13.1. The zero-order valence-electron chi connectivity index (χ0n) is 7.90. The van der Waals surface area contributed by atoms with Crippen LogP contribution in [-0.2, 0) is 14.6 Å². The highest BCUT2D eigenvalue weighted by atomic mass is 32.2. The van der Waals surface area contributed by atoms with Crippen molar-refractivity contribution < 1.29 is 18.3 Å². The standard InChI is InChI=1S/C8H15NO4S/c1-2-6-14(12,13)7-8(11)9-4-3-5-10/h2,10H,1,3-7H2,(H,9,11). The van der Waals surface area contributed by atoms with Crippen LogP contribution in [0.25, 0.3) is 0 Å². The van der Waals surface area contributed by atoms with Crippen LogP contribution in [0.4, 0.5) is 0 Å². The summed E-state index contributed by atoms with van der Waals surface area (Å²) in [6, 6.07) is 0. The van der Waals surface area contributed by atoms with Crippen molar-refractivity contribution in [1.29, 1.82) is 0 Å². The van der Waals surface area contributed by atoms with E-state index in [-0.39, 0.29) is 12.4 Å². The van der Waals surface area contributed by atoms with E-state index in [1.165, 1.54) is 6.08 Å². The average Bonchev–Trinajstić information content (AvgIpc) is 2.03. The van der Waals surface area contributed by atoms with E-state index in [4.69, 9.17) is 5.11 Å². The lowest BCUT2D eigenvalue weighted by atomic mass is 10.4. The fourth-order valence-corrected chi connectivity index (χ4v) is 1.77. The van der Waals surface area contributed by atoms with Gasteiger partial charge in [0.1, 0.15) is 5.75 Å². The minimum Gasteiger partial charge on any atom is -0.396 e. The molecule has 0 aromatic heterocycles. The van der Waals surface area contributed by atoms with Crippen LogP contribution < -0.4 is 5.32 Å². The third-order valence-electron chi connectivity index (χ3n) is 1.38. The first-order valence-electron chi connectivity index (χ1n) is 4.20. The van der Waals surface area contributed by atoms with Crippen LogP contribution in [0.1, 0.15) is 6.42 Å². The average molecular weight is 221 g/mol. The first-order chi connectivity index (χ1) is 6.52. The van der Waals surface area contributed by atoms with Crippen LogP contribution in [0.5, 0.6) is 0 Å². The molecule has 14 heavy (non-hydrogen) atoms. The lowest BCUT2D eigenvalue weighted by Crippen LogP contribution is -2.32. The van der Waals surface area contributed by atoms with Crippen molar-refractivity contribution in [3.63, 3.8) is 0 Å². The number of hydrogen-bond donors (Lipinski definition) is 2. The highest BCUT2D eigenvalue weighted by Gasteiger charge is 2.13. The van der Waals surface area contributed by atoms with Crippen LogP contribution in [0.3, 0.4) is 0 Å². The first-order valence-corrected chi connectivity index (χ1v) is 6.03. The van der Waals surface area contributed by atoms with Crippen LogP contribution in [-0.4, -0.2) is 44.1 Å². The monoisotopic (exact) mass is 221 g/mol. The molecule has 0 aliphatic rings. The maximum absolute atomic E-state index is 11.1. The van der Waals surface area contributed by atoms with E-state index in [1.54, 1.807) is 0 Å². The molecule has 0 aromatic rings. The molecule has 0 aliphatic carbocycles. The number of aliphatic hydroxyl groups excluding tert-OH is 1. The Morgan fingerprint density at radius 3 is 2.64 bits per heavy atom. The molecule has 0 aliphatic heterocycles. The summed E-state index contributed by atoms with van der Waals surface area (Å²) in [6.45, 7) is 3.55. The molecule has 82 valence electrons. The summed E-state index contributed by atoms with van der Waals surface area (Å²) in [7, 11) is -3.36. The highest BCUT2D eigenvalue weighted by molar-refractivity contribution is 7.92. The van der Waals surface area contributed by atoms with Crippen LogP contribution in [0.15, 0.2) is 12.7 Å². The minimum atomic E-state index is -3.36. The topological polar surface area (TPSA) is 83.5 Å². The highest BCUT2D eigenvalue weighted by Crippen LogP contribution is 1.90. The van der Waals surface area contributed by atoms with Crippen LogP contribution >= 0.6 is 0 Å². The Morgan fingerprint density at radius 2 is 2.14 bits per heavy atom. The van der Waals surface area contributed by atoms with Gasteiger partial charge in [0.2, 0.25) is 5.91 Å². The van der Waals surface area contributed by atoms with Gasteiger partial charge in [0.05, 0.1) is 5.75 Å². The molecule has 0 spiro atoms. The van der Waals surface area contributed by atoms with Crippen molar-refractivity contribution in [3.8, 4) is 0 Å². The van der Waals surface area contributed by atoms with Crippen molar-refractivity contribution >= 4 is 15.7 Å². The van der Waals surface area contributed by atoms with Gasteiger partial charge >= 0.3 is 0 Å². The number of aliphatic hydroxyl groups is 1. The van der Waals surface area contributed by atoms with Gasteiger partial charge in [-0.2, -0.15) is 0 Å². The molecule has 0 atom stereocenters. The summed E-state index contributed by atoms with van der Waals surface area (Å²) in [4.78, 5) is 11.0. The van der Waals surface area contributed by atoms with Crippen molar-refractivity contribution in [2.75, 3.05) is 24.7 Å². The van der Waals surface area contributed by atoms with Crippen LogP contribution in [0, 0.1) is 0 Å². The predicted octanol–water partition coefficient (Wildman–Crippen LogP) is -0.914. The van der Waals surface area contributed by atoms with Gasteiger partial charge in [-0.05, 0) is 6.42 Å². The van der Waals surface area contributed by atoms with Crippen molar-refractivity contribution in [1.82, 2.24) is 5.32 Å². The molecule has 1 amide bonds. The maximum Gasteiger partial charge on any atom is 0.235 e. The Labute approximate surface area is 83.7 Å². The molecule has 0 radical (unpaired) electrons. The number of amides is 1. The minimum absolute atomic E-state index is 0.0281. The van der Waals surface area contributed by atoms with E-state index in [0.717, 1.165) is 0 Å². The fourth-order valence-electron chi connectivity index (χ4n) is 0.796. The molecule has 0 fully saturated rings. The maximum atomic E-state index is 11.1.